The fourth-order valence-electron chi connectivity index (χ4n) is 5.30. The number of piperazine rings is 1. The van der Waals surface area contributed by atoms with E-state index in [4.69, 9.17) is 0 Å². The maximum absolute atomic E-state index is 13.1. The topological polar surface area (TPSA) is 86.3 Å². The average Bonchev–Trinajstić information content (AvgIpc) is 2.93. The standard InChI is InChI=1S/C29H37N7O/c1-21-5-10-25(18-27(21)34-29-31-13-11-26(33-29)24-4-3-12-30-19-24)32-28(37)23-8-6-22(7-9-23)20-36-16-14-35(2)15-17-36/h3-5,10-13,18-19,22-23H,6-9,14-17,20H2,1-2H3,(H,32,37)(H,31,33,34). The second kappa shape index (κ2) is 11.8. The summed E-state index contributed by atoms with van der Waals surface area (Å²) in [5.74, 6) is 1.43. The van der Waals surface area contributed by atoms with E-state index in [1.165, 1.54) is 19.6 Å². The molecule has 8 nitrogen and oxygen atoms in total. The van der Waals surface area contributed by atoms with E-state index in [0.717, 1.165) is 67.0 Å². The number of rotatable bonds is 7. The highest BCUT2D eigenvalue weighted by atomic mass is 16.1. The SMILES string of the molecule is Cc1ccc(NC(=O)C2CCC(CN3CCN(C)CC3)CC2)cc1Nc1nccc(-c2cccnc2)n1. The van der Waals surface area contributed by atoms with Crippen molar-refractivity contribution in [1.29, 1.82) is 0 Å². The van der Waals surface area contributed by atoms with Gasteiger partial charge in [0.1, 0.15) is 0 Å². The highest BCUT2D eigenvalue weighted by Gasteiger charge is 2.28. The maximum Gasteiger partial charge on any atom is 0.227 e. The van der Waals surface area contributed by atoms with Crippen LogP contribution in [0.3, 0.4) is 0 Å². The van der Waals surface area contributed by atoms with Gasteiger partial charge in [-0.2, -0.15) is 0 Å². The number of aryl methyl sites for hydroxylation is 1. The lowest BCUT2D eigenvalue weighted by atomic mass is 9.81. The van der Waals surface area contributed by atoms with Gasteiger partial charge in [-0.15, -0.1) is 0 Å². The molecule has 1 amide bonds. The third-order valence-electron chi connectivity index (χ3n) is 7.69. The van der Waals surface area contributed by atoms with Crippen molar-refractivity contribution in [2.45, 2.75) is 32.6 Å². The molecule has 1 saturated heterocycles. The van der Waals surface area contributed by atoms with Crippen molar-refractivity contribution in [2.75, 3.05) is 50.4 Å². The number of likely N-dealkylation sites (N-methyl/N-ethyl adjacent to an activating group) is 1. The smallest absolute Gasteiger partial charge is 0.227 e. The first-order valence-electron chi connectivity index (χ1n) is 13.4. The van der Waals surface area contributed by atoms with Crippen LogP contribution in [-0.4, -0.2) is 70.4 Å². The lowest BCUT2D eigenvalue weighted by Crippen LogP contribution is -2.46. The minimum absolute atomic E-state index is 0.0842. The van der Waals surface area contributed by atoms with Gasteiger partial charge in [0.2, 0.25) is 11.9 Å². The monoisotopic (exact) mass is 499 g/mol. The Bertz CT molecular complexity index is 1190. The number of carbonyl (C=O) groups is 1. The molecule has 3 aromatic rings. The van der Waals surface area contributed by atoms with E-state index in [2.05, 4.69) is 42.4 Å². The zero-order chi connectivity index (χ0) is 25.6. The third kappa shape index (κ3) is 6.70. The zero-order valence-electron chi connectivity index (χ0n) is 21.9. The van der Waals surface area contributed by atoms with Crippen LogP contribution in [0.15, 0.2) is 55.0 Å². The predicted octanol–water partition coefficient (Wildman–Crippen LogP) is 4.58. The minimum atomic E-state index is 0.0842. The molecule has 5 rings (SSSR count). The molecule has 2 aliphatic rings. The summed E-state index contributed by atoms with van der Waals surface area (Å²) in [6.45, 7) is 7.86. The minimum Gasteiger partial charge on any atom is -0.326 e. The van der Waals surface area contributed by atoms with Gasteiger partial charge in [-0.25, -0.2) is 9.97 Å². The van der Waals surface area contributed by atoms with E-state index >= 15 is 0 Å². The first-order valence-corrected chi connectivity index (χ1v) is 13.4. The highest BCUT2D eigenvalue weighted by Crippen LogP contribution is 2.31. The summed E-state index contributed by atoms with van der Waals surface area (Å²) >= 11 is 0. The molecular weight excluding hydrogens is 462 g/mol. The van der Waals surface area contributed by atoms with E-state index < -0.39 is 0 Å². The van der Waals surface area contributed by atoms with E-state index in [-0.39, 0.29) is 11.8 Å². The number of nitrogens with zero attached hydrogens (tertiary/aromatic N) is 5. The van der Waals surface area contributed by atoms with Gasteiger partial charge in [0, 0.05) is 74.2 Å². The van der Waals surface area contributed by atoms with Crippen molar-refractivity contribution >= 4 is 23.2 Å². The van der Waals surface area contributed by atoms with E-state index in [1.54, 1.807) is 18.6 Å². The molecule has 3 heterocycles. The number of anilines is 3. The Balaban J connectivity index is 1.16. The Labute approximate surface area is 219 Å². The summed E-state index contributed by atoms with van der Waals surface area (Å²) in [6, 6.07) is 11.7. The molecule has 2 aromatic heterocycles. The van der Waals surface area contributed by atoms with Crippen LogP contribution in [0.2, 0.25) is 0 Å². The fraction of sp³-hybridized carbons (Fsp3) is 0.448. The molecule has 2 N–H and O–H groups in total. The molecule has 0 spiro atoms. The summed E-state index contributed by atoms with van der Waals surface area (Å²) < 4.78 is 0. The number of aromatic nitrogens is 3. The largest absolute Gasteiger partial charge is 0.326 e. The number of hydrogen-bond acceptors (Lipinski definition) is 7. The van der Waals surface area contributed by atoms with Gasteiger partial charge in [-0.05, 0) is 81.5 Å². The van der Waals surface area contributed by atoms with Crippen LogP contribution in [0.1, 0.15) is 31.2 Å². The normalized spacial score (nSPS) is 20.9. The van der Waals surface area contributed by atoms with Crippen LogP contribution in [0.25, 0.3) is 11.3 Å². The number of pyridine rings is 1. The highest BCUT2D eigenvalue weighted by molar-refractivity contribution is 5.93. The predicted molar refractivity (Wildman–Crippen MR) is 148 cm³/mol. The van der Waals surface area contributed by atoms with Crippen molar-refractivity contribution in [2.24, 2.45) is 11.8 Å². The Hall–Kier alpha value is -3.36. The average molecular weight is 500 g/mol. The van der Waals surface area contributed by atoms with Crippen LogP contribution in [0.5, 0.6) is 0 Å². The molecule has 0 atom stereocenters. The van der Waals surface area contributed by atoms with E-state index in [0.29, 0.717) is 11.9 Å². The second-order valence-corrected chi connectivity index (χ2v) is 10.5. The molecule has 0 bridgehead atoms. The molecule has 1 aliphatic carbocycles. The van der Waals surface area contributed by atoms with Crippen molar-refractivity contribution < 1.29 is 4.79 Å². The summed E-state index contributed by atoms with van der Waals surface area (Å²) in [4.78, 5) is 31.3. The lowest BCUT2D eigenvalue weighted by molar-refractivity contribution is -0.121. The number of hydrogen-bond donors (Lipinski definition) is 2. The molecule has 0 radical (unpaired) electrons. The van der Waals surface area contributed by atoms with E-state index in [1.807, 2.05) is 43.3 Å². The van der Waals surface area contributed by atoms with Crippen molar-refractivity contribution in [1.82, 2.24) is 24.8 Å². The van der Waals surface area contributed by atoms with Gasteiger partial charge < -0.3 is 20.4 Å². The number of amides is 1. The Kier molecular flexibility index (Phi) is 8.06. The van der Waals surface area contributed by atoms with E-state index in [9.17, 15) is 4.79 Å². The van der Waals surface area contributed by atoms with Crippen LogP contribution in [0.4, 0.5) is 17.3 Å². The molecule has 0 unspecified atom stereocenters. The van der Waals surface area contributed by atoms with Gasteiger partial charge in [0.15, 0.2) is 0 Å². The van der Waals surface area contributed by atoms with Gasteiger partial charge in [0.05, 0.1) is 5.69 Å². The molecule has 1 aromatic carbocycles. The molecular formula is C29H37N7O. The van der Waals surface area contributed by atoms with Crippen molar-refractivity contribution in [3.63, 3.8) is 0 Å². The van der Waals surface area contributed by atoms with Gasteiger partial charge in [0.25, 0.3) is 0 Å². The first-order chi connectivity index (χ1) is 18.0. The van der Waals surface area contributed by atoms with Gasteiger partial charge in [-0.3, -0.25) is 9.78 Å². The maximum atomic E-state index is 13.1. The summed E-state index contributed by atoms with van der Waals surface area (Å²) in [5.41, 5.74) is 4.45. The lowest BCUT2D eigenvalue weighted by Gasteiger charge is -2.36. The van der Waals surface area contributed by atoms with Crippen molar-refractivity contribution in [3.8, 4) is 11.3 Å². The summed E-state index contributed by atoms with van der Waals surface area (Å²) in [7, 11) is 2.20. The quantitative estimate of drug-likeness (QED) is 0.492. The third-order valence-corrected chi connectivity index (χ3v) is 7.69. The van der Waals surface area contributed by atoms with Crippen LogP contribution in [0, 0.1) is 18.8 Å². The van der Waals surface area contributed by atoms with Gasteiger partial charge >= 0.3 is 0 Å². The Morgan fingerprint density at radius 2 is 1.84 bits per heavy atom. The Morgan fingerprint density at radius 3 is 2.59 bits per heavy atom. The number of benzene rings is 1. The molecule has 1 aliphatic heterocycles. The first kappa shape index (κ1) is 25.3. The Morgan fingerprint density at radius 1 is 1.03 bits per heavy atom. The number of carbonyl (C=O) groups excluding carboxylic acids is 1. The molecule has 1 saturated carbocycles. The second-order valence-electron chi connectivity index (χ2n) is 10.5. The van der Waals surface area contributed by atoms with Crippen LogP contribution < -0.4 is 10.6 Å². The van der Waals surface area contributed by atoms with Crippen LogP contribution >= 0.6 is 0 Å². The van der Waals surface area contributed by atoms with Crippen LogP contribution in [-0.2, 0) is 4.79 Å². The molecule has 37 heavy (non-hydrogen) atoms. The zero-order valence-corrected chi connectivity index (χ0v) is 21.9. The summed E-state index contributed by atoms with van der Waals surface area (Å²) in [5, 5.41) is 6.48. The molecule has 194 valence electrons. The summed E-state index contributed by atoms with van der Waals surface area (Å²) in [6.07, 6.45) is 9.47. The van der Waals surface area contributed by atoms with Gasteiger partial charge in [-0.1, -0.05) is 6.07 Å². The van der Waals surface area contributed by atoms with Crippen molar-refractivity contribution in [3.05, 3.63) is 60.6 Å². The fourth-order valence-corrected chi connectivity index (χ4v) is 5.30. The number of nitrogens with one attached hydrogen (secondary N) is 2. The molecule has 8 heteroatoms. The molecule has 2 fully saturated rings.